The third-order valence-electron chi connectivity index (χ3n) is 2.27. The van der Waals surface area contributed by atoms with Gasteiger partial charge in [-0.15, -0.1) is 0 Å². The zero-order valence-corrected chi connectivity index (χ0v) is 10.8. The SMILES string of the molecule is CCOC(=O)c1nsnc1-c1cc(C)cc(F)c1. The van der Waals surface area contributed by atoms with Crippen molar-refractivity contribution in [1.82, 2.24) is 8.75 Å². The van der Waals surface area contributed by atoms with Crippen LogP contribution in [0.4, 0.5) is 4.39 Å². The molecule has 0 fully saturated rings. The second-order valence-electron chi connectivity index (χ2n) is 3.70. The summed E-state index contributed by atoms with van der Waals surface area (Å²) in [7, 11) is 0. The van der Waals surface area contributed by atoms with Crippen LogP contribution in [0.5, 0.6) is 0 Å². The van der Waals surface area contributed by atoms with E-state index >= 15 is 0 Å². The van der Waals surface area contributed by atoms with Gasteiger partial charge in [-0.3, -0.25) is 0 Å². The van der Waals surface area contributed by atoms with Gasteiger partial charge in [-0.1, -0.05) is 0 Å². The van der Waals surface area contributed by atoms with E-state index in [2.05, 4.69) is 8.75 Å². The molecule has 0 N–H and O–H groups in total. The molecule has 0 radical (unpaired) electrons. The zero-order chi connectivity index (χ0) is 13.1. The third-order valence-corrected chi connectivity index (χ3v) is 2.80. The highest BCUT2D eigenvalue weighted by Crippen LogP contribution is 2.24. The molecule has 2 rings (SSSR count). The van der Waals surface area contributed by atoms with Gasteiger partial charge >= 0.3 is 5.97 Å². The van der Waals surface area contributed by atoms with Gasteiger partial charge in [-0.2, -0.15) is 8.75 Å². The summed E-state index contributed by atoms with van der Waals surface area (Å²) in [4.78, 5) is 11.7. The van der Waals surface area contributed by atoms with E-state index in [1.807, 2.05) is 0 Å². The average Bonchev–Trinajstić information content (AvgIpc) is 2.76. The predicted octanol–water partition coefficient (Wildman–Crippen LogP) is 2.83. The lowest BCUT2D eigenvalue weighted by atomic mass is 10.1. The number of benzene rings is 1. The van der Waals surface area contributed by atoms with E-state index in [1.54, 1.807) is 19.9 Å². The van der Waals surface area contributed by atoms with E-state index in [0.717, 1.165) is 17.3 Å². The van der Waals surface area contributed by atoms with E-state index in [-0.39, 0.29) is 18.1 Å². The summed E-state index contributed by atoms with van der Waals surface area (Å²) in [6.07, 6.45) is 0. The van der Waals surface area contributed by atoms with Crippen molar-refractivity contribution in [3.8, 4) is 11.3 Å². The van der Waals surface area contributed by atoms with Crippen LogP contribution in [0, 0.1) is 12.7 Å². The summed E-state index contributed by atoms with van der Waals surface area (Å²) >= 11 is 0.904. The van der Waals surface area contributed by atoms with Gasteiger partial charge < -0.3 is 4.74 Å². The monoisotopic (exact) mass is 266 g/mol. The van der Waals surface area contributed by atoms with Gasteiger partial charge in [0.1, 0.15) is 11.5 Å². The number of aromatic nitrogens is 2. The van der Waals surface area contributed by atoms with Crippen LogP contribution in [0.15, 0.2) is 18.2 Å². The van der Waals surface area contributed by atoms with Crippen LogP contribution in [-0.4, -0.2) is 21.3 Å². The largest absolute Gasteiger partial charge is 0.461 e. The fourth-order valence-electron chi connectivity index (χ4n) is 1.58. The first-order valence-electron chi connectivity index (χ1n) is 5.39. The van der Waals surface area contributed by atoms with Crippen molar-refractivity contribution >= 4 is 17.7 Å². The van der Waals surface area contributed by atoms with E-state index in [9.17, 15) is 9.18 Å². The number of nitrogens with zero attached hydrogens (tertiary/aromatic N) is 2. The Morgan fingerprint density at radius 1 is 1.39 bits per heavy atom. The summed E-state index contributed by atoms with van der Waals surface area (Å²) in [5.41, 5.74) is 1.78. The van der Waals surface area contributed by atoms with Gasteiger partial charge in [-0.05, 0) is 37.6 Å². The second-order valence-corrected chi connectivity index (χ2v) is 4.23. The van der Waals surface area contributed by atoms with Crippen LogP contribution in [-0.2, 0) is 4.74 Å². The topological polar surface area (TPSA) is 52.1 Å². The normalized spacial score (nSPS) is 10.4. The summed E-state index contributed by atoms with van der Waals surface area (Å²) < 4.78 is 26.2. The Kier molecular flexibility index (Phi) is 3.66. The van der Waals surface area contributed by atoms with Gasteiger partial charge in [0.2, 0.25) is 0 Å². The van der Waals surface area contributed by atoms with Crippen LogP contribution in [0.1, 0.15) is 23.0 Å². The van der Waals surface area contributed by atoms with Crippen molar-refractivity contribution < 1.29 is 13.9 Å². The van der Waals surface area contributed by atoms with Crippen LogP contribution < -0.4 is 0 Å². The molecular formula is C12H11FN2O2S. The predicted molar refractivity (Wildman–Crippen MR) is 66.0 cm³/mol. The molecule has 94 valence electrons. The van der Waals surface area contributed by atoms with E-state index in [0.29, 0.717) is 11.3 Å². The molecule has 1 aromatic carbocycles. The average molecular weight is 266 g/mol. The molecule has 0 aliphatic heterocycles. The molecule has 1 aromatic heterocycles. The lowest BCUT2D eigenvalue weighted by molar-refractivity contribution is 0.0521. The van der Waals surface area contributed by atoms with E-state index < -0.39 is 5.97 Å². The first kappa shape index (κ1) is 12.6. The lowest BCUT2D eigenvalue weighted by Gasteiger charge is -2.03. The molecule has 0 saturated heterocycles. The molecule has 0 aliphatic rings. The summed E-state index contributed by atoms with van der Waals surface area (Å²) in [5, 5.41) is 0. The summed E-state index contributed by atoms with van der Waals surface area (Å²) in [6.45, 7) is 3.75. The number of hydrogen-bond donors (Lipinski definition) is 0. The Hall–Kier alpha value is -1.82. The highest BCUT2D eigenvalue weighted by Gasteiger charge is 2.19. The first-order chi connectivity index (χ1) is 8.61. The van der Waals surface area contributed by atoms with E-state index in [1.165, 1.54) is 12.1 Å². The molecule has 0 atom stereocenters. The minimum Gasteiger partial charge on any atom is -0.461 e. The van der Waals surface area contributed by atoms with Gasteiger partial charge in [0.25, 0.3) is 0 Å². The molecule has 0 bridgehead atoms. The number of halogens is 1. The summed E-state index contributed by atoms with van der Waals surface area (Å²) in [6, 6.07) is 4.49. The molecular weight excluding hydrogens is 255 g/mol. The Labute approximate surface area is 108 Å². The molecule has 0 spiro atoms. The van der Waals surface area contributed by atoms with Crippen LogP contribution in [0.3, 0.4) is 0 Å². The minimum atomic E-state index is -0.539. The lowest BCUT2D eigenvalue weighted by Crippen LogP contribution is -2.06. The first-order valence-corrected chi connectivity index (χ1v) is 6.12. The molecule has 4 nitrogen and oxygen atoms in total. The van der Waals surface area contributed by atoms with Gasteiger partial charge in [0, 0.05) is 5.56 Å². The standard InChI is InChI=1S/C12H11FN2O2S/c1-3-17-12(16)11-10(14-18-15-11)8-4-7(2)5-9(13)6-8/h4-6H,3H2,1-2H3. The van der Waals surface area contributed by atoms with Gasteiger partial charge in [0.05, 0.1) is 18.3 Å². The molecule has 2 aromatic rings. The molecule has 1 heterocycles. The third kappa shape index (κ3) is 2.53. The van der Waals surface area contributed by atoms with Crippen LogP contribution >= 0.6 is 11.7 Å². The Morgan fingerprint density at radius 2 is 2.17 bits per heavy atom. The molecule has 0 saturated carbocycles. The minimum absolute atomic E-state index is 0.131. The van der Waals surface area contributed by atoms with Crippen molar-refractivity contribution in [2.24, 2.45) is 0 Å². The number of esters is 1. The number of ether oxygens (including phenoxy) is 1. The quantitative estimate of drug-likeness (QED) is 0.802. The molecule has 0 aliphatic carbocycles. The number of hydrogen-bond acceptors (Lipinski definition) is 5. The smallest absolute Gasteiger partial charge is 0.360 e. The molecule has 6 heteroatoms. The molecule has 0 unspecified atom stereocenters. The van der Waals surface area contributed by atoms with E-state index in [4.69, 9.17) is 4.74 Å². The highest BCUT2D eigenvalue weighted by atomic mass is 32.1. The Morgan fingerprint density at radius 3 is 2.83 bits per heavy atom. The Balaban J connectivity index is 2.45. The van der Waals surface area contributed by atoms with Crippen molar-refractivity contribution in [3.05, 3.63) is 35.3 Å². The Bertz CT molecular complexity index is 563. The molecule has 18 heavy (non-hydrogen) atoms. The number of carbonyl (C=O) groups excluding carboxylic acids is 1. The van der Waals surface area contributed by atoms with Crippen molar-refractivity contribution in [2.75, 3.05) is 6.61 Å². The maximum atomic E-state index is 13.3. The van der Waals surface area contributed by atoms with Crippen molar-refractivity contribution in [3.63, 3.8) is 0 Å². The maximum absolute atomic E-state index is 13.3. The number of aryl methyl sites for hydroxylation is 1. The molecule has 0 amide bonds. The maximum Gasteiger partial charge on any atom is 0.360 e. The van der Waals surface area contributed by atoms with Gasteiger partial charge in [0.15, 0.2) is 5.69 Å². The fraction of sp³-hybridized carbons (Fsp3) is 0.250. The van der Waals surface area contributed by atoms with Crippen molar-refractivity contribution in [2.45, 2.75) is 13.8 Å². The summed E-state index contributed by atoms with van der Waals surface area (Å²) in [5.74, 6) is -0.907. The fourth-order valence-corrected chi connectivity index (χ4v) is 2.14. The second kappa shape index (κ2) is 5.22. The number of carbonyl (C=O) groups is 1. The van der Waals surface area contributed by atoms with Gasteiger partial charge in [-0.25, -0.2) is 9.18 Å². The van der Waals surface area contributed by atoms with Crippen molar-refractivity contribution in [1.29, 1.82) is 0 Å². The highest BCUT2D eigenvalue weighted by molar-refractivity contribution is 6.99. The van der Waals surface area contributed by atoms with Crippen LogP contribution in [0.25, 0.3) is 11.3 Å². The van der Waals surface area contributed by atoms with Crippen LogP contribution in [0.2, 0.25) is 0 Å². The number of rotatable bonds is 3. The zero-order valence-electron chi connectivity index (χ0n) is 9.94.